The van der Waals surface area contributed by atoms with E-state index in [-0.39, 0.29) is 16.2 Å². The van der Waals surface area contributed by atoms with Gasteiger partial charge in [0.1, 0.15) is 0 Å². The van der Waals surface area contributed by atoms with Crippen molar-refractivity contribution in [3.63, 3.8) is 0 Å². The Labute approximate surface area is 165 Å². The van der Waals surface area contributed by atoms with Crippen LogP contribution < -0.4 is 10.5 Å². The summed E-state index contributed by atoms with van der Waals surface area (Å²) in [5.74, 6) is 1.25. The van der Waals surface area contributed by atoms with Crippen molar-refractivity contribution in [3.05, 3.63) is 74.3 Å². The van der Waals surface area contributed by atoms with Crippen molar-refractivity contribution in [3.8, 4) is 0 Å². The molecule has 0 N–H and O–H groups in total. The quantitative estimate of drug-likeness (QED) is 0.392. The first-order chi connectivity index (χ1) is 14.1. The number of anilines is 1. The van der Waals surface area contributed by atoms with Crippen LogP contribution in [0.1, 0.15) is 18.3 Å². The van der Waals surface area contributed by atoms with Crippen LogP contribution in [-0.2, 0) is 19.5 Å². The Hall–Kier alpha value is -3.75. The number of rotatable bonds is 4. The van der Waals surface area contributed by atoms with Gasteiger partial charge in [0, 0.05) is 30.9 Å². The number of para-hydroxylation sites is 1. The standard InChI is InChI=1S/C20H18N6O3/c1-2-24-19(27)15-5-3-4-6-17(15)25-18(21-22-20(24)25)12-23-10-9-13-11-14(26(28)29)7-8-16(13)23/h3-8,11H,2,9-10,12H2,1H3. The van der Waals surface area contributed by atoms with Crippen LogP contribution in [-0.4, -0.2) is 30.6 Å². The van der Waals surface area contributed by atoms with E-state index in [1.165, 1.54) is 6.07 Å². The topological polar surface area (TPSA) is 98.6 Å². The first-order valence-electron chi connectivity index (χ1n) is 9.46. The fraction of sp³-hybridized carbons (Fsp3) is 0.250. The summed E-state index contributed by atoms with van der Waals surface area (Å²) in [6, 6.07) is 12.4. The number of hydrogen-bond donors (Lipinski definition) is 0. The second-order valence-corrected chi connectivity index (χ2v) is 7.06. The number of nitro groups is 1. The third-order valence-corrected chi connectivity index (χ3v) is 5.49. The van der Waals surface area contributed by atoms with E-state index in [1.54, 1.807) is 16.7 Å². The summed E-state index contributed by atoms with van der Waals surface area (Å²) in [5.41, 5.74) is 2.74. The van der Waals surface area contributed by atoms with E-state index < -0.39 is 0 Å². The summed E-state index contributed by atoms with van der Waals surface area (Å²) in [4.78, 5) is 25.6. The Morgan fingerprint density at radius 1 is 1.17 bits per heavy atom. The maximum atomic E-state index is 12.8. The minimum absolute atomic E-state index is 0.0756. The van der Waals surface area contributed by atoms with Crippen LogP contribution in [0, 0.1) is 10.1 Å². The van der Waals surface area contributed by atoms with E-state index in [9.17, 15) is 14.9 Å². The Bertz CT molecular complexity index is 1340. The SMILES string of the molecule is CCn1c(=O)c2ccccc2n2c(CN3CCc4cc([N+](=O)[O-])ccc43)nnc12. The lowest BCUT2D eigenvalue weighted by molar-refractivity contribution is -0.384. The number of nitro benzene ring substituents is 1. The molecule has 0 radical (unpaired) electrons. The van der Waals surface area contributed by atoms with Gasteiger partial charge in [-0.1, -0.05) is 12.1 Å². The molecule has 0 amide bonds. The summed E-state index contributed by atoms with van der Waals surface area (Å²) in [5, 5.41) is 20.3. The summed E-state index contributed by atoms with van der Waals surface area (Å²) >= 11 is 0. The Morgan fingerprint density at radius 3 is 2.79 bits per heavy atom. The van der Waals surface area contributed by atoms with Gasteiger partial charge in [-0.2, -0.15) is 0 Å². The normalized spacial score (nSPS) is 13.3. The van der Waals surface area contributed by atoms with Gasteiger partial charge in [0.25, 0.3) is 11.2 Å². The maximum Gasteiger partial charge on any atom is 0.269 e. The largest absolute Gasteiger partial charge is 0.363 e. The van der Waals surface area contributed by atoms with Gasteiger partial charge in [0.05, 0.1) is 22.4 Å². The molecule has 9 nitrogen and oxygen atoms in total. The number of aryl methyl sites for hydroxylation is 1. The first kappa shape index (κ1) is 17.4. The minimum Gasteiger partial charge on any atom is -0.363 e. The molecule has 0 atom stereocenters. The fourth-order valence-corrected chi connectivity index (χ4v) is 4.11. The lowest BCUT2D eigenvalue weighted by Crippen LogP contribution is -2.24. The number of non-ortho nitro benzene ring substituents is 1. The number of aromatic nitrogens is 4. The predicted octanol–water partition coefficient (Wildman–Crippen LogP) is 2.54. The molecule has 5 rings (SSSR count). The molecule has 0 saturated carbocycles. The van der Waals surface area contributed by atoms with E-state index in [1.807, 2.05) is 35.6 Å². The molecule has 2 aromatic carbocycles. The van der Waals surface area contributed by atoms with Crippen molar-refractivity contribution in [1.82, 2.24) is 19.2 Å². The number of fused-ring (bicyclic) bond motifs is 4. The van der Waals surface area contributed by atoms with Gasteiger partial charge in [-0.15, -0.1) is 10.2 Å². The molecule has 3 heterocycles. The number of nitrogens with zero attached hydrogens (tertiary/aromatic N) is 6. The minimum atomic E-state index is -0.370. The lowest BCUT2D eigenvalue weighted by atomic mass is 10.1. The highest BCUT2D eigenvalue weighted by Gasteiger charge is 2.24. The van der Waals surface area contributed by atoms with Gasteiger partial charge in [0.15, 0.2) is 5.82 Å². The molecule has 4 aromatic rings. The second kappa shape index (κ2) is 6.40. The number of benzene rings is 2. The van der Waals surface area contributed by atoms with Crippen molar-refractivity contribution >= 4 is 28.1 Å². The summed E-state index contributed by atoms with van der Waals surface area (Å²) < 4.78 is 3.56. The van der Waals surface area contributed by atoms with Crippen LogP contribution in [0.25, 0.3) is 16.7 Å². The Balaban J connectivity index is 1.63. The smallest absolute Gasteiger partial charge is 0.269 e. The molecule has 146 valence electrons. The van der Waals surface area contributed by atoms with Gasteiger partial charge in [-0.25, -0.2) is 0 Å². The van der Waals surface area contributed by atoms with Crippen molar-refractivity contribution in [2.45, 2.75) is 26.4 Å². The van der Waals surface area contributed by atoms with Gasteiger partial charge in [-0.05, 0) is 37.1 Å². The zero-order valence-electron chi connectivity index (χ0n) is 15.8. The van der Waals surface area contributed by atoms with Crippen LogP contribution in [0.5, 0.6) is 0 Å². The molecule has 0 unspecified atom stereocenters. The van der Waals surface area contributed by atoms with Crippen molar-refractivity contribution in [2.75, 3.05) is 11.4 Å². The van der Waals surface area contributed by atoms with Gasteiger partial charge in [-0.3, -0.25) is 23.9 Å². The molecule has 1 aliphatic heterocycles. The zero-order valence-corrected chi connectivity index (χ0v) is 15.8. The van der Waals surface area contributed by atoms with Crippen LogP contribution in [0.15, 0.2) is 47.3 Å². The highest BCUT2D eigenvalue weighted by atomic mass is 16.6. The monoisotopic (exact) mass is 390 g/mol. The highest BCUT2D eigenvalue weighted by Crippen LogP contribution is 2.32. The summed E-state index contributed by atoms with van der Waals surface area (Å²) in [6.07, 6.45) is 0.744. The van der Waals surface area contributed by atoms with Crippen molar-refractivity contribution < 1.29 is 4.92 Å². The van der Waals surface area contributed by atoms with Gasteiger partial charge >= 0.3 is 0 Å². The molecule has 0 aliphatic carbocycles. The second-order valence-electron chi connectivity index (χ2n) is 7.06. The molecule has 0 fully saturated rings. The zero-order chi connectivity index (χ0) is 20.1. The van der Waals surface area contributed by atoms with Crippen molar-refractivity contribution in [1.29, 1.82) is 0 Å². The molecular formula is C20H18N6O3. The summed E-state index contributed by atoms with van der Waals surface area (Å²) in [7, 11) is 0. The van der Waals surface area contributed by atoms with E-state index in [4.69, 9.17) is 0 Å². The molecule has 1 aliphatic rings. The lowest BCUT2D eigenvalue weighted by Gasteiger charge is -2.18. The molecule has 29 heavy (non-hydrogen) atoms. The van der Waals surface area contributed by atoms with Gasteiger partial charge in [0.2, 0.25) is 5.78 Å². The molecule has 0 saturated heterocycles. The maximum absolute atomic E-state index is 12.8. The molecule has 0 bridgehead atoms. The van der Waals surface area contributed by atoms with Crippen molar-refractivity contribution in [2.24, 2.45) is 0 Å². The fourth-order valence-electron chi connectivity index (χ4n) is 4.11. The highest BCUT2D eigenvalue weighted by molar-refractivity contribution is 5.80. The average molecular weight is 390 g/mol. The third kappa shape index (κ3) is 2.58. The summed E-state index contributed by atoms with van der Waals surface area (Å²) in [6.45, 7) is 3.66. The molecule has 0 spiro atoms. The van der Waals surface area contributed by atoms with Crippen LogP contribution in [0.2, 0.25) is 0 Å². The van der Waals surface area contributed by atoms with Crippen LogP contribution in [0.4, 0.5) is 11.4 Å². The first-order valence-corrected chi connectivity index (χ1v) is 9.46. The predicted molar refractivity (Wildman–Crippen MR) is 108 cm³/mol. The van der Waals surface area contributed by atoms with Crippen LogP contribution in [0.3, 0.4) is 0 Å². The Kier molecular flexibility index (Phi) is 3.83. The van der Waals surface area contributed by atoms with E-state index >= 15 is 0 Å². The van der Waals surface area contributed by atoms with Crippen LogP contribution >= 0.6 is 0 Å². The third-order valence-electron chi connectivity index (χ3n) is 5.49. The van der Waals surface area contributed by atoms with Gasteiger partial charge < -0.3 is 4.90 Å². The average Bonchev–Trinajstić information content (AvgIpc) is 3.33. The van der Waals surface area contributed by atoms with E-state index in [0.29, 0.717) is 24.3 Å². The van der Waals surface area contributed by atoms with E-state index in [0.717, 1.165) is 35.6 Å². The molecular weight excluding hydrogens is 372 g/mol. The Morgan fingerprint density at radius 2 is 2.00 bits per heavy atom. The molecule has 9 heteroatoms. The molecule has 2 aromatic heterocycles. The van der Waals surface area contributed by atoms with E-state index in [2.05, 4.69) is 15.1 Å². The number of hydrogen-bond acceptors (Lipinski definition) is 6.